The van der Waals surface area contributed by atoms with E-state index in [1.807, 2.05) is 6.07 Å². The Morgan fingerprint density at radius 2 is 2.40 bits per heavy atom. The minimum absolute atomic E-state index is 0.204. The highest BCUT2D eigenvalue weighted by Crippen LogP contribution is 2.13. The number of nitrogens with zero attached hydrogens (tertiary/aromatic N) is 2. The molecule has 0 aromatic carbocycles. The Morgan fingerprint density at radius 1 is 1.67 bits per heavy atom. The van der Waals surface area contributed by atoms with Gasteiger partial charge in [-0.2, -0.15) is 5.26 Å². The first-order valence-electron chi connectivity index (χ1n) is 4.21. The van der Waals surface area contributed by atoms with Crippen LogP contribution in [0.3, 0.4) is 0 Å². The quantitative estimate of drug-likeness (QED) is 0.743. The number of anilines is 1. The Bertz CT molecular complexity index is 413. The molecule has 0 bridgehead atoms. The lowest BCUT2D eigenvalue weighted by molar-refractivity contribution is -0.117. The fourth-order valence-corrected chi connectivity index (χ4v) is 1.17. The van der Waals surface area contributed by atoms with Gasteiger partial charge >= 0.3 is 0 Å². The molecule has 0 radical (unpaired) electrons. The van der Waals surface area contributed by atoms with Gasteiger partial charge in [0.15, 0.2) is 0 Å². The largest absolute Gasteiger partial charge is 0.370 e. The van der Waals surface area contributed by atoms with E-state index >= 15 is 0 Å². The van der Waals surface area contributed by atoms with E-state index in [0.29, 0.717) is 17.9 Å². The lowest BCUT2D eigenvalue weighted by Crippen LogP contribution is -2.16. The monoisotopic (exact) mass is 224 g/mol. The van der Waals surface area contributed by atoms with Crippen LogP contribution in [0.2, 0.25) is 5.15 Å². The highest BCUT2D eigenvalue weighted by Gasteiger charge is 2.01. The van der Waals surface area contributed by atoms with E-state index in [0.717, 1.165) is 0 Å². The summed E-state index contributed by atoms with van der Waals surface area (Å²) in [5, 5.41) is 11.7. The average molecular weight is 225 g/mol. The number of nitriles is 1. The number of hydrogen-bond donors (Lipinski definition) is 2. The highest BCUT2D eigenvalue weighted by molar-refractivity contribution is 6.29. The van der Waals surface area contributed by atoms with Crippen molar-refractivity contribution >= 4 is 23.3 Å². The van der Waals surface area contributed by atoms with Gasteiger partial charge in [0.25, 0.3) is 0 Å². The molecule has 1 heterocycles. The molecule has 1 aromatic rings. The minimum Gasteiger partial charge on any atom is -0.370 e. The van der Waals surface area contributed by atoms with Crippen LogP contribution in [0, 0.1) is 11.3 Å². The molecule has 15 heavy (non-hydrogen) atoms. The summed E-state index contributed by atoms with van der Waals surface area (Å²) in [5.41, 5.74) is 5.38. The molecule has 0 saturated carbocycles. The van der Waals surface area contributed by atoms with Crippen molar-refractivity contribution in [2.24, 2.45) is 5.73 Å². The Balaban J connectivity index is 2.65. The van der Waals surface area contributed by atoms with Crippen molar-refractivity contribution in [1.82, 2.24) is 4.98 Å². The number of halogens is 1. The second kappa shape index (κ2) is 5.17. The fraction of sp³-hybridized carbons (Fsp3) is 0.222. The van der Waals surface area contributed by atoms with Crippen LogP contribution >= 0.6 is 11.6 Å². The van der Waals surface area contributed by atoms with Crippen molar-refractivity contribution in [3.05, 3.63) is 22.8 Å². The van der Waals surface area contributed by atoms with Crippen LogP contribution in [-0.2, 0) is 4.79 Å². The number of amides is 1. The number of hydrogen-bond acceptors (Lipinski definition) is 4. The Hall–Kier alpha value is -1.80. The number of pyridine rings is 1. The number of primary amides is 1. The molecule has 0 spiro atoms. The first-order chi connectivity index (χ1) is 7.11. The zero-order valence-corrected chi connectivity index (χ0v) is 8.58. The van der Waals surface area contributed by atoms with E-state index < -0.39 is 5.91 Å². The Kier molecular flexibility index (Phi) is 3.89. The summed E-state index contributed by atoms with van der Waals surface area (Å²) in [6, 6.07) is 4.96. The van der Waals surface area contributed by atoms with Gasteiger partial charge < -0.3 is 11.1 Å². The lowest BCUT2D eigenvalue weighted by Gasteiger charge is -2.04. The summed E-state index contributed by atoms with van der Waals surface area (Å²) in [4.78, 5) is 14.4. The highest BCUT2D eigenvalue weighted by atomic mass is 35.5. The Morgan fingerprint density at radius 3 is 3.00 bits per heavy atom. The van der Waals surface area contributed by atoms with Crippen molar-refractivity contribution in [2.75, 3.05) is 11.9 Å². The molecule has 5 nitrogen and oxygen atoms in total. The van der Waals surface area contributed by atoms with Crippen LogP contribution in [-0.4, -0.2) is 17.4 Å². The fourth-order valence-electron chi connectivity index (χ4n) is 0.966. The van der Waals surface area contributed by atoms with Gasteiger partial charge in [-0.15, -0.1) is 0 Å². The van der Waals surface area contributed by atoms with Crippen LogP contribution in [0.4, 0.5) is 5.82 Å². The predicted molar refractivity (Wildman–Crippen MR) is 56.3 cm³/mol. The zero-order chi connectivity index (χ0) is 11.3. The molecular weight excluding hydrogens is 216 g/mol. The molecule has 0 aliphatic rings. The molecule has 1 aromatic heterocycles. The molecule has 0 saturated heterocycles. The molecule has 3 N–H and O–H groups in total. The molecule has 0 unspecified atom stereocenters. The van der Waals surface area contributed by atoms with Gasteiger partial charge in [-0.3, -0.25) is 4.79 Å². The van der Waals surface area contributed by atoms with E-state index in [-0.39, 0.29) is 11.6 Å². The van der Waals surface area contributed by atoms with Crippen molar-refractivity contribution in [3.8, 4) is 6.07 Å². The van der Waals surface area contributed by atoms with E-state index in [4.69, 9.17) is 22.6 Å². The summed E-state index contributed by atoms with van der Waals surface area (Å²) in [7, 11) is 0. The van der Waals surface area contributed by atoms with E-state index in [2.05, 4.69) is 10.3 Å². The number of nitrogens with one attached hydrogen (secondary N) is 1. The van der Waals surface area contributed by atoms with Crippen LogP contribution in [0.25, 0.3) is 0 Å². The molecule has 6 heteroatoms. The first-order valence-corrected chi connectivity index (χ1v) is 4.59. The van der Waals surface area contributed by atoms with E-state index in [1.54, 1.807) is 6.07 Å². The normalized spacial score (nSPS) is 9.33. The lowest BCUT2D eigenvalue weighted by atomic mass is 10.3. The van der Waals surface area contributed by atoms with Gasteiger partial charge in [-0.25, -0.2) is 4.98 Å². The maximum absolute atomic E-state index is 10.5. The molecule has 0 atom stereocenters. The molecule has 1 rings (SSSR count). The smallest absolute Gasteiger partial charge is 0.219 e. The van der Waals surface area contributed by atoms with Crippen molar-refractivity contribution in [2.45, 2.75) is 6.42 Å². The van der Waals surface area contributed by atoms with Gasteiger partial charge in [-0.1, -0.05) is 11.6 Å². The topological polar surface area (TPSA) is 91.8 Å². The molecule has 1 amide bonds. The Labute approximate surface area is 91.9 Å². The van der Waals surface area contributed by atoms with Gasteiger partial charge in [0.1, 0.15) is 11.0 Å². The maximum Gasteiger partial charge on any atom is 0.219 e. The third kappa shape index (κ3) is 3.83. The van der Waals surface area contributed by atoms with Crippen LogP contribution in [0.5, 0.6) is 0 Å². The third-order valence-corrected chi connectivity index (χ3v) is 1.79. The molecule has 0 fully saturated rings. The van der Waals surface area contributed by atoms with Crippen molar-refractivity contribution in [3.63, 3.8) is 0 Å². The molecule has 0 aliphatic carbocycles. The van der Waals surface area contributed by atoms with Crippen molar-refractivity contribution < 1.29 is 4.79 Å². The molecular formula is C9H9ClN4O. The van der Waals surface area contributed by atoms with Gasteiger partial charge in [0.2, 0.25) is 5.91 Å². The van der Waals surface area contributed by atoms with Gasteiger partial charge in [-0.05, 0) is 12.1 Å². The number of carbonyl (C=O) groups is 1. The first kappa shape index (κ1) is 11.3. The van der Waals surface area contributed by atoms with Crippen LogP contribution in [0.1, 0.15) is 12.0 Å². The SMILES string of the molecule is N#Cc1cc(Cl)nc(NCCC(N)=O)c1. The number of nitrogens with two attached hydrogens (primary N) is 1. The summed E-state index contributed by atoms with van der Waals surface area (Å²) in [5.74, 6) is 0.0605. The van der Waals surface area contributed by atoms with Gasteiger partial charge in [0.05, 0.1) is 11.6 Å². The second-order valence-electron chi connectivity index (χ2n) is 2.82. The third-order valence-electron chi connectivity index (χ3n) is 1.60. The minimum atomic E-state index is -0.398. The standard InChI is InChI=1S/C9H9ClN4O/c10-7-3-6(5-11)4-9(14-7)13-2-1-8(12)15/h3-4H,1-2H2,(H2,12,15)(H,13,14). The maximum atomic E-state index is 10.5. The number of aromatic nitrogens is 1. The van der Waals surface area contributed by atoms with Crippen LogP contribution in [0.15, 0.2) is 12.1 Å². The summed E-state index contributed by atoms with van der Waals surface area (Å²) < 4.78 is 0. The predicted octanol–water partition coefficient (Wildman–Crippen LogP) is 0.894. The number of carbonyl (C=O) groups excluding carboxylic acids is 1. The summed E-state index contributed by atoms with van der Waals surface area (Å²) in [6.07, 6.45) is 0.204. The summed E-state index contributed by atoms with van der Waals surface area (Å²) >= 11 is 5.68. The van der Waals surface area contributed by atoms with E-state index in [9.17, 15) is 4.79 Å². The van der Waals surface area contributed by atoms with Gasteiger partial charge in [0, 0.05) is 13.0 Å². The molecule has 0 aliphatic heterocycles. The number of rotatable bonds is 4. The van der Waals surface area contributed by atoms with Crippen molar-refractivity contribution in [1.29, 1.82) is 5.26 Å². The summed E-state index contributed by atoms with van der Waals surface area (Å²) in [6.45, 7) is 0.369. The van der Waals surface area contributed by atoms with E-state index in [1.165, 1.54) is 6.07 Å². The average Bonchev–Trinajstić information content (AvgIpc) is 2.16. The van der Waals surface area contributed by atoms with Crippen LogP contribution < -0.4 is 11.1 Å². The zero-order valence-electron chi connectivity index (χ0n) is 7.83. The second-order valence-corrected chi connectivity index (χ2v) is 3.21. The molecule has 78 valence electrons.